The van der Waals surface area contributed by atoms with Crippen LogP contribution in [-0.4, -0.2) is 11.0 Å². The van der Waals surface area contributed by atoms with Crippen molar-refractivity contribution in [2.45, 2.75) is 38.3 Å². The molecule has 3 N–H and O–H groups in total. The van der Waals surface area contributed by atoms with Crippen LogP contribution in [0.3, 0.4) is 0 Å². The lowest BCUT2D eigenvalue weighted by molar-refractivity contribution is 0.704. The topological polar surface area (TPSA) is 50.9 Å². The van der Waals surface area contributed by atoms with Crippen molar-refractivity contribution in [3.05, 3.63) is 45.1 Å². The van der Waals surface area contributed by atoms with Gasteiger partial charge in [0.15, 0.2) is 0 Å². The molecule has 0 amide bonds. The zero-order chi connectivity index (χ0) is 16.1. The first-order valence-corrected chi connectivity index (χ1v) is 9.91. The number of fused-ring (bicyclic) bond motifs is 1. The van der Waals surface area contributed by atoms with E-state index in [1.54, 1.807) is 22.7 Å². The van der Waals surface area contributed by atoms with E-state index in [0.29, 0.717) is 11.2 Å². The van der Waals surface area contributed by atoms with Gasteiger partial charge in [0.1, 0.15) is 5.15 Å². The van der Waals surface area contributed by atoms with Crippen molar-refractivity contribution in [3.63, 3.8) is 0 Å². The van der Waals surface area contributed by atoms with Crippen LogP contribution in [0.4, 0.5) is 5.69 Å². The molecular weight excluding hydrogens is 346 g/mol. The summed E-state index contributed by atoms with van der Waals surface area (Å²) in [5, 5.41) is 8.06. The molecule has 6 heteroatoms. The monoisotopic (exact) mass is 365 g/mol. The van der Waals surface area contributed by atoms with Gasteiger partial charge in [0.2, 0.25) is 0 Å². The van der Waals surface area contributed by atoms with Crippen LogP contribution in [0.15, 0.2) is 35.0 Å². The molecule has 1 fully saturated rings. The minimum Gasteiger partial charge on any atom is -0.379 e. The number of pyridine rings is 1. The average Bonchev–Trinajstić information content (AvgIpc) is 3.27. The number of anilines is 1. The van der Waals surface area contributed by atoms with Crippen LogP contribution in [0.5, 0.6) is 0 Å². The van der Waals surface area contributed by atoms with Crippen LogP contribution in [0.25, 0.3) is 10.2 Å². The van der Waals surface area contributed by atoms with Gasteiger partial charge in [-0.05, 0) is 35.7 Å². The Morgan fingerprint density at radius 2 is 2.04 bits per heavy atom. The van der Waals surface area contributed by atoms with Gasteiger partial charge in [0, 0.05) is 23.5 Å². The molecule has 0 saturated heterocycles. The summed E-state index contributed by atoms with van der Waals surface area (Å²) in [5.74, 6) is 0. The van der Waals surface area contributed by atoms with Crippen molar-refractivity contribution >= 4 is 50.2 Å². The zero-order valence-corrected chi connectivity index (χ0v) is 15.2. The maximum absolute atomic E-state index is 6.00. The predicted octanol–water partition coefficient (Wildman–Crippen LogP) is 5.51. The van der Waals surface area contributed by atoms with E-state index in [1.165, 1.54) is 30.6 Å². The summed E-state index contributed by atoms with van der Waals surface area (Å²) in [4.78, 5) is 5.59. The second kappa shape index (κ2) is 8.11. The Morgan fingerprint density at radius 1 is 1.22 bits per heavy atom. The molecule has 122 valence electrons. The van der Waals surface area contributed by atoms with Gasteiger partial charge >= 0.3 is 0 Å². The van der Waals surface area contributed by atoms with Crippen molar-refractivity contribution in [1.29, 1.82) is 0 Å². The van der Waals surface area contributed by atoms with Gasteiger partial charge in [-0.2, -0.15) is 0 Å². The number of halogens is 1. The number of rotatable bonds is 3. The van der Waals surface area contributed by atoms with E-state index in [-0.39, 0.29) is 0 Å². The van der Waals surface area contributed by atoms with Crippen molar-refractivity contribution in [2.24, 2.45) is 5.73 Å². The van der Waals surface area contributed by atoms with Crippen molar-refractivity contribution in [2.75, 3.05) is 5.32 Å². The first-order valence-electron chi connectivity index (χ1n) is 7.78. The van der Waals surface area contributed by atoms with Gasteiger partial charge in [-0.15, -0.1) is 22.7 Å². The van der Waals surface area contributed by atoms with Crippen LogP contribution in [-0.2, 0) is 6.54 Å². The fraction of sp³-hybridized carbons (Fsp3) is 0.353. The molecule has 4 rings (SSSR count). The van der Waals surface area contributed by atoms with Gasteiger partial charge in [0.25, 0.3) is 0 Å². The molecule has 0 bridgehead atoms. The van der Waals surface area contributed by atoms with Gasteiger partial charge in [-0.3, -0.25) is 0 Å². The molecule has 1 saturated carbocycles. The average molecular weight is 366 g/mol. The van der Waals surface area contributed by atoms with Gasteiger partial charge < -0.3 is 11.1 Å². The van der Waals surface area contributed by atoms with E-state index in [0.717, 1.165) is 22.4 Å². The number of hydrogen-bond acceptors (Lipinski definition) is 5. The highest BCUT2D eigenvalue weighted by atomic mass is 35.5. The molecule has 1 aliphatic rings. The summed E-state index contributed by atoms with van der Waals surface area (Å²) in [7, 11) is 0. The Hall–Kier alpha value is -1.14. The maximum atomic E-state index is 6.00. The number of aromatic nitrogens is 1. The summed E-state index contributed by atoms with van der Waals surface area (Å²) in [6, 6.07) is 8.59. The quantitative estimate of drug-likeness (QED) is 0.601. The zero-order valence-electron chi connectivity index (χ0n) is 12.8. The molecule has 0 unspecified atom stereocenters. The van der Waals surface area contributed by atoms with Gasteiger partial charge in [-0.25, -0.2) is 4.98 Å². The largest absolute Gasteiger partial charge is 0.379 e. The van der Waals surface area contributed by atoms with E-state index >= 15 is 0 Å². The lowest BCUT2D eigenvalue weighted by Gasteiger charge is -2.06. The number of thiophene rings is 2. The first-order chi connectivity index (χ1) is 11.2. The van der Waals surface area contributed by atoms with Crippen LogP contribution in [0.1, 0.15) is 30.6 Å². The fourth-order valence-corrected chi connectivity index (χ4v) is 4.28. The minimum absolute atomic E-state index is 0.532. The fourth-order valence-electron chi connectivity index (χ4n) is 2.61. The molecule has 3 aromatic heterocycles. The third-order valence-corrected chi connectivity index (χ3v) is 5.82. The molecule has 23 heavy (non-hydrogen) atoms. The number of hydrogen-bond donors (Lipinski definition) is 2. The molecule has 0 spiro atoms. The molecule has 0 aromatic carbocycles. The third kappa shape index (κ3) is 4.67. The lowest BCUT2D eigenvalue weighted by atomic mass is 10.3. The highest BCUT2D eigenvalue weighted by Crippen LogP contribution is 2.30. The first kappa shape index (κ1) is 16.7. The Bertz CT molecular complexity index is 733. The third-order valence-electron chi connectivity index (χ3n) is 3.81. The number of nitrogens with zero attached hydrogens (tertiary/aromatic N) is 1. The van der Waals surface area contributed by atoms with Gasteiger partial charge in [0.05, 0.1) is 15.9 Å². The summed E-state index contributed by atoms with van der Waals surface area (Å²) < 4.78 is 1.16. The Morgan fingerprint density at radius 3 is 2.70 bits per heavy atom. The molecular formula is C17H20ClN3S2. The molecule has 0 aliphatic heterocycles. The highest BCUT2D eigenvalue weighted by Gasteiger charge is 2.08. The van der Waals surface area contributed by atoms with Crippen LogP contribution < -0.4 is 11.1 Å². The number of nitrogens with two attached hydrogens (primary N) is 1. The summed E-state index contributed by atoms with van der Waals surface area (Å²) in [6.07, 6.45) is 5.25. The van der Waals surface area contributed by atoms with E-state index in [1.807, 2.05) is 17.5 Å². The minimum atomic E-state index is 0.532. The normalized spacial score (nSPS) is 14.7. The van der Waals surface area contributed by atoms with Crippen LogP contribution in [0.2, 0.25) is 5.15 Å². The highest BCUT2D eigenvalue weighted by molar-refractivity contribution is 7.17. The Balaban J connectivity index is 0.000000220. The summed E-state index contributed by atoms with van der Waals surface area (Å²) in [6.45, 7) is 0.824. The SMILES string of the molecule is Clc1cc(NCc2cccs2)c2sccc2n1.NC1CCCC1. The van der Waals surface area contributed by atoms with Gasteiger partial charge in [-0.1, -0.05) is 30.5 Å². The van der Waals surface area contributed by atoms with Crippen molar-refractivity contribution in [1.82, 2.24) is 4.98 Å². The lowest BCUT2D eigenvalue weighted by Crippen LogP contribution is -2.13. The van der Waals surface area contributed by atoms with E-state index in [2.05, 4.69) is 27.8 Å². The summed E-state index contributed by atoms with van der Waals surface area (Å²) in [5.41, 5.74) is 7.55. The smallest absolute Gasteiger partial charge is 0.131 e. The molecule has 1 aliphatic carbocycles. The van der Waals surface area contributed by atoms with Crippen LogP contribution in [0, 0.1) is 0 Å². The van der Waals surface area contributed by atoms with E-state index < -0.39 is 0 Å². The second-order valence-corrected chi connectivity index (χ2v) is 7.94. The molecule has 3 nitrogen and oxygen atoms in total. The van der Waals surface area contributed by atoms with E-state index in [4.69, 9.17) is 17.3 Å². The maximum Gasteiger partial charge on any atom is 0.131 e. The second-order valence-electron chi connectivity index (χ2n) is 5.60. The molecule has 3 aromatic rings. The van der Waals surface area contributed by atoms with E-state index in [9.17, 15) is 0 Å². The van der Waals surface area contributed by atoms with Crippen molar-refractivity contribution in [3.8, 4) is 0 Å². The Kier molecular flexibility index (Phi) is 5.89. The molecule has 0 radical (unpaired) electrons. The van der Waals surface area contributed by atoms with Crippen molar-refractivity contribution < 1.29 is 0 Å². The van der Waals surface area contributed by atoms with Crippen LogP contribution >= 0.6 is 34.3 Å². The summed E-state index contributed by atoms with van der Waals surface area (Å²) >= 11 is 9.42. The molecule has 0 atom stereocenters. The molecule has 3 heterocycles. The number of nitrogens with one attached hydrogen (secondary N) is 1. The standard InChI is InChI=1S/C12H9ClN2S2.C5H11N/c13-11-6-10(12-9(15-11)3-5-17-12)14-7-8-2-1-4-16-8;6-5-3-1-2-4-5/h1-6H,7H2,(H,14,15);5H,1-4,6H2. The predicted molar refractivity (Wildman–Crippen MR) is 103 cm³/mol. The Labute approximate surface area is 149 Å².